The van der Waals surface area contributed by atoms with Gasteiger partial charge in [-0.2, -0.15) is 5.10 Å². The summed E-state index contributed by atoms with van der Waals surface area (Å²) in [6.07, 6.45) is 13.2. The largest absolute Gasteiger partial charge is 0.493 e. The second-order valence-corrected chi connectivity index (χ2v) is 21.0. The molecular formula is C55H59FN12O8S. The van der Waals surface area contributed by atoms with Crippen LogP contribution in [0.3, 0.4) is 0 Å². The van der Waals surface area contributed by atoms with Crippen molar-refractivity contribution in [3.8, 4) is 28.5 Å². The van der Waals surface area contributed by atoms with Gasteiger partial charge in [0.1, 0.15) is 17.3 Å². The van der Waals surface area contributed by atoms with E-state index in [9.17, 15) is 27.6 Å². The molecule has 1 aliphatic heterocycles. The molecule has 1 saturated heterocycles. The highest BCUT2D eigenvalue weighted by Gasteiger charge is 2.29. The number of amides is 3. The number of fused-ring (bicyclic) bond motifs is 2. The van der Waals surface area contributed by atoms with Gasteiger partial charge in [-0.25, -0.2) is 27.6 Å². The third-order valence-electron chi connectivity index (χ3n) is 13.8. The predicted molar refractivity (Wildman–Crippen MR) is 288 cm³/mol. The van der Waals surface area contributed by atoms with Crippen molar-refractivity contribution in [2.45, 2.75) is 69.1 Å². The fourth-order valence-corrected chi connectivity index (χ4v) is 10.5. The lowest BCUT2D eigenvalue weighted by Crippen LogP contribution is -2.50. The molecule has 0 radical (unpaired) electrons. The smallest absolute Gasteiger partial charge is 0.328 e. The fourth-order valence-electron chi connectivity index (χ4n) is 9.38. The van der Waals surface area contributed by atoms with Crippen molar-refractivity contribution in [2.75, 3.05) is 49.4 Å². The lowest BCUT2D eigenvalue weighted by molar-refractivity contribution is -0.132. The van der Waals surface area contributed by atoms with E-state index >= 15 is 4.39 Å². The Morgan fingerprint density at radius 2 is 1.58 bits per heavy atom. The molecule has 1 aliphatic carbocycles. The van der Waals surface area contributed by atoms with E-state index in [1.807, 2.05) is 17.5 Å². The van der Waals surface area contributed by atoms with Crippen molar-refractivity contribution < 1.29 is 36.7 Å². The topological polar surface area (TPSA) is 232 Å². The maximum atomic E-state index is 15.7. The van der Waals surface area contributed by atoms with Crippen LogP contribution in [0, 0.1) is 5.82 Å². The van der Waals surface area contributed by atoms with Gasteiger partial charge in [-0.3, -0.25) is 37.7 Å². The average molecular weight is 1070 g/mol. The van der Waals surface area contributed by atoms with Crippen LogP contribution in [0.25, 0.3) is 27.9 Å². The van der Waals surface area contributed by atoms with Gasteiger partial charge in [0, 0.05) is 100 Å². The number of carbonyl (C=O) groups excluding carboxylic acids is 3. The Labute approximate surface area is 443 Å². The second kappa shape index (κ2) is 22.4. The summed E-state index contributed by atoms with van der Waals surface area (Å²) in [4.78, 5) is 65.4. The van der Waals surface area contributed by atoms with Gasteiger partial charge in [-0.15, -0.1) is 0 Å². The Balaban J connectivity index is 0.668. The minimum Gasteiger partial charge on any atom is -0.493 e. The van der Waals surface area contributed by atoms with E-state index in [4.69, 9.17) is 14.5 Å². The number of imidazole rings is 2. The van der Waals surface area contributed by atoms with Crippen LogP contribution in [0.2, 0.25) is 0 Å². The van der Waals surface area contributed by atoms with E-state index in [-0.39, 0.29) is 50.7 Å². The highest BCUT2D eigenvalue weighted by molar-refractivity contribution is 7.92. The molecule has 2 aliphatic rings. The third-order valence-corrected chi connectivity index (χ3v) is 15.2. The molecule has 20 nitrogen and oxygen atoms in total. The number of anilines is 3. The number of sulfonamides is 1. The number of aromatic nitrogens is 7. The molecule has 0 unspecified atom stereocenters. The number of H-pyrrole nitrogens is 1. The summed E-state index contributed by atoms with van der Waals surface area (Å²) in [7, 11) is -1.07. The number of nitrogens with zero attached hydrogens (tertiary/aromatic N) is 8. The Hall–Kier alpha value is -8.53. The zero-order chi connectivity index (χ0) is 53.8. The molecule has 0 spiro atoms. The number of hydrogen-bond donors (Lipinski definition) is 4. The van der Waals surface area contributed by atoms with E-state index < -0.39 is 21.7 Å². The van der Waals surface area contributed by atoms with Gasteiger partial charge in [-0.05, 0) is 86.7 Å². The summed E-state index contributed by atoms with van der Waals surface area (Å²) in [5.41, 5.74) is 4.40. The van der Waals surface area contributed by atoms with Crippen LogP contribution in [0.5, 0.6) is 17.2 Å². The van der Waals surface area contributed by atoms with Crippen molar-refractivity contribution in [1.82, 2.24) is 48.8 Å². The van der Waals surface area contributed by atoms with Crippen molar-refractivity contribution in [1.29, 1.82) is 0 Å². The van der Waals surface area contributed by atoms with Crippen molar-refractivity contribution >= 4 is 61.6 Å². The number of ether oxygens (including phenoxy) is 2. The molecule has 0 atom stereocenters. The van der Waals surface area contributed by atoms with Crippen LogP contribution in [0.15, 0.2) is 113 Å². The minimum absolute atomic E-state index is 0.00307. The van der Waals surface area contributed by atoms with E-state index in [1.165, 1.54) is 51.6 Å². The zero-order valence-electron chi connectivity index (χ0n) is 42.9. The van der Waals surface area contributed by atoms with Crippen LogP contribution < -0.4 is 30.5 Å². The number of hydrogen-bond acceptors (Lipinski definition) is 12. The summed E-state index contributed by atoms with van der Waals surface area (Å²) in [5, 5.41) is 12.9. The summed E-state index contributed by atoms with van der Waals surface area (Å²) < 4.78 is 62.9. The maximum absolute atomic E-state index is 15.7. The average Bonchev–Trinajstić information content (AvgIpc) is 3.97. The molecule has 1 saturated carbocycles. The predicted octanol–water partition coefficient (Wildman–Crippen LogP) is 8.12. The first kappa shape index (κ1) is 51.9. The lowest BCUT2D eigenvalue weighted by Gasteiger charge is -2.35. The van der Waals surface area contributed by atoms with Crippen molar-refractivity contribution in [3.63, 3.8) is 0 Å². The van der Waals surface area contributed by atoms with Gasteiger partial charge >= 0.3 is 5.69 Å². The van der Waals surface area contributed by atoms with E-state index in [2.05, 4.69) is 30.5 Å². The van der Waals surface area contributed by atoms with Crippen LogP contribution in [-0.4, -0.2) is 109 Å². The molecule has 2 fully saturated rings. The Bertz CT molecular complexity index is 3680. The molecule has 400 valence electrons. The Morgan fingerprint density at radius 1 is 0.831 bits per heavy atom. The molecular weight excluding hydrogens is 1010 g/mol. The molecule has 3 amide bonds. The number of benzene rings is 4. The summed E-state index contributed by atoms with van der Waals surface area (Å²) in [6, 6.07) is 20.1. The monoisotopic (exact) mass is 1070 g/mol. The van der Waals surface area contributed by atoms with Gasteiger partial charge in [0.05, 0.1) is 57.7 Å². The highest BCUT2D eigenvalue weighted by Crippen LogP contribution is 2.41. The lowest BCUT2D eigenvalue weighted by atomic mass is 10.1. The first-order valence-corrected chi connectivity index (χ1v) is 27.2. The SMILES string of the molecule is CCCOc1cccc(Oc2cc3c(cc2NS(=O)(=O)c2cccc(C(=O)NCCCCCCC(=O)N4CCN(C(=O)c5ccc(Nc6nc(C7CC7)cn7c(-c8cn[nH]c8)cnc67)c(F)c5)CC4)c2)n(C)c(=O)n3C)c1. The van der Waals surface area contributed by atoms with Gasteiger partial charge in [0.15, 0.2) is 17.2 Å². The number of unbranched alkanes of at least 4 members (excludes halogenated alkanes) is 3. The second-order valence-electron chi connectivity index (χ2n) is 19.3. The highest BCUT2D eigenvalue weighted by atomic mass is 32.2. The van der Waals surface area contributed by atoms with Gasteiger partial charge in [0.2, 0.25) is 5.91 Å². The fraction of sp³-hybridized carbons (Fsp3) is 0.327. The number of aromatic amines is 1. The standard InChI is InChI=1S/C55H59FN12O8S/c1-4-25-75-39-12-10-13-40(28-39)76-49-30-47-46(64(2)55(72)65(47)3)29-44(49)63-77(73,74)41-14-9-11-36(26-41)53(70)57-20-8-6-5-7-15-50(69)66-21-23-67(24-22-66)54(71)37-18-19-43(42(56)27-37)61-51-52-58-33-48(38-31-59-60-32-38)68(52)34-45(62-51)35-16-17-35/h9-14,18-19,26-35,63H,4-8,15-17,20-25H2,1-3H3,(H,57,70)(H,59,60)(H,61,62). The summed E-state index contributed by atoms with van der Waals surface area (Å²) in [5.74, 6) is 0.494. The first-order chi connectivity index (χ1) is 37.2. The minimum atomic E-state index is -4.28. The number of nitrogens with one attached hydrogen (secondary N) is 4. The number of piperazine rings is 1. The number of rotatable bonds is 21. The number of aryl methyl sites for hydroxylation is 2. The number of carbonyl (C=O) groups is 3. The van der Waals surface area contributed by atoms with Crippen LogP contribution in [0.1, 0.15) is 90.6 Å². The maximum Gasteiger partial charge on any atom is 0.328 e. The molecule has 4 aromatic heterocycles. The normalized spacial score (nSPS) is 13.8. The molecule has 4 aromatic carbocycles. The summed E-state index contributed by atoms with van der Waals surface area (Å²) in [6.45, 7) is 4.22. The van der Waals surface area contributed by atoms with Crippen molar-refractivity contribution in [2.24, 2.45) is 14.1 Å². The molecule has 22 heteroatoms. The Kier molecular flexibility index (Phi) is 15.1. The Morgan fingerprint density at radius 3 is 2.34 bits per heavy atom. The molecule has 10 rings (SSSR count). The zero-order valence-corrected chi connectivity index (χ0v) is 43.7. The third kappa shape index (κ3) is 11.5. The quantitative estimate of drug-likeness (QED) is 0.0500. The van der Waals surface area contributed by atoms with Gasteiger partial charge in [0.25, 0.3) is 21.8 Å². The van der Waals surface area contributed by atoms with Gasteiger partial charge < -0.3 is 29.9 Å². The number of halogens is 1. The molecule has 8 aromatic rings. The van der Waals surface area contributed by atoms with E-state index in [0.29, 0.717) is 98.5 Å². The van der Waals surface area contributed by atoms with Gasteiger partial charge in [-0.1, -0.05) is 31.9 Å². The molecule has 77 heavy (non-hydrogen) atoms. The summed E-state index contributed by atoms with van der Waals surface area (Å²) >= 11 is 0. The van der Waals surface area contributed by atoms with Crippen LogP contribution in [0.4, 0.5) is 21.6 Å². The van der Waals surface area contributed by atoms with Crippen LogP contribution in [-0.2, 0) is 28.9 Å². The van der Waals surface area contributed by atoms with E-state index in [1.54, 1.807) is 78.9 Å². The molecule has 5 heterocycles. The van der Waals surface area contributed by atoms with Crippen LogP contribution >= 0.6 is 0 Å². The molecule has 0 bridgehead atoms. The first-order valence-electron chi connectivity index (χ1n) is 25.8. The van der Waals surface area contributed by atoms with Crippen molar-refractivity contribution in [3.05, 3.63) is 137 Å². The van der Waals surface area contributed by atoms with E-state index in [0.717, 1.165) is 49.1 Å². The molecule has 4 N–H and O–H groups in total.